The van der Waals surface area contributed by atoms with E-state index in [1.807, 2.05) is 0 Å². The lowest BCUT2D eigenvalue weighted by atomic mass is 10.1. The number of aryl methyl sites for hydroxylation is 1. The third-order valence-electron chi connectivity index (χ3n) is 3.22. The molecule has 2 rings (SSSR count). The van der Waals surface area contributed by atoms with E-state index in [0.29, 0.717) is 18.5 Å². The molecule has 0 spiro atoms. The zero-order valence-electron chi connectivity index (χ0n) is 10.9. The van der Waals surface area contributed by atoms with Gasteiger partial charge in [0.05, 0.1) is 6.20 Å². The second-order valence-corrected chi connectivity index (χ2v) is 4.77. The van der Waals surface area contributed by atoms with Crippen molar-refractivity contribution in [1.82, 2.24) is 20.4 Å². The zero-order valence-corrected chi connectivity index (χ0v) is 10.9. The first-order valence-corrected chi connectivity index (χ1v) is 6.40. The van der Waals surface area contributed by atoms with Crippen molar-refractivity contribution < 1.29 is 9.59 Å². The molecule has 2 atom stereocenters. The topological polar surface area (TPSA) is 102 Å². The molecule has 7 heteroatoms. The van der Waals surface area contributed by atoms with E-state index in [1.165, 1.54) is 0 Å². The summed E-state index contributed by atoms with van der Waals surface area (Å²) in [6.45, 7) is 0.667. The lowest BCUT2D eigenvalue weighted by Gasteiger charge is -2.17. The molecule has 104 valence electrons. The Kier molecular flexibility index (Phi) is 4.16. The van der Waals surface area contributed by atoms with Gasteiger partial charge in [-0.05, 0) is 19.3 Å². The van der Waals surface area contributed by atoms with Gasteiger partial charge in [0.25, 0.3) is 0 Å². The Labute approximate surface area is 111 Å². The van der Waals surface area contributed by atoms with Crippen LogP contribution in [0, 0.1) is 0 Å². The summed E-state index contributed by atoms with van der Waals surface area (Å²) in [4.78, 5) is 23.8. The van der Waals surface area contributed by atoms with E-state index < -0.39 is 12.1 Å². The second-order valence-electron chi connectivity index (χ2n) is 4.77. The maximum atomic E-state index is 12.0. The molecule has 0 aliphatic carbocycles. The third-order valence-corrected chi connectivity index (χ3v) is 3.22. The highest BCUT2D eigenvalue weighted by Crippen LogP contribution is 2.11. The highest BCUT2D eigenvalue weighted by Gasteiger charge is 2.25. The fraction of sp³-hybridized carbons (Fsp3) is 0.583. The van der Waals surface area contributed by atoms with E-state index in [9.17, 15) is 9.59 Å². The van der Waals surface area contributed by atoms with Crippen LogP contribution in [-0.4, -0.2) is 34.2 Å². The summed E-state index contributed by atoms with van der Waals surface area (Å²) in [6.07, 6.45) is 5.74. The average molecular weight is 265 g/mol. The number of hydrogen-bond donors (Lipinski definition) is 3. The Bertz CT molecular complexity index is 470. The van der Waals surface area contributed by atoms with Crippen LogP contribution in [0.1, 0.15) is 30.9 Å². The number of amides is 2. The minimum atomic E-state index is -0.801. The summed E-state index contributed by atoms with van der Waals surface area (Å²) < 4.78 is 1.58. The summed E-state index contributed by atoms with van der Waals surface area (Å²) in [5.41, 5.74) is 6.49. The molecular weight excluding hydrogens is 246 g/mol. The van der Waals surface area contributed by atoms with Crippen LogP contribution in [0.4, 0.5) is 0 Å². The predicted molar refractivity (Wildman–Crippen MR) is 68.9 cm³/mol. The quantitative estimate of drug-likeness (QED) is 0.666. The lowest BCUT2D eigenvalue weighted by Crippen LogP contribution is -2.48. The van der Waals surface area contributed by atoms with Crippen molar-refractivity contribution in [3.63, 3.8) is 0 Å². The molecule has 0 bridgehead atoms. The Morgan fingerprint density at radius 3 is 3.11 bits per heavy atom. The zero-order chi connectivity index (χ0) is 13.8. The molecule has 7 nitrogen and oxygen atoms in total. The number of hydrogen-bond acceptors (Lipinski definition) is 4. The van der Waals surface area contributed by atoms with Crippen molar-refractivity contribution in [3.05, 3.63) is 18.0 Å². The third kappa shape index (κ3) is 3.31. The first-order valence-electron chi connectivity index (χ1n) is 6.40. The minimum absolute atomic E-state index is 0.135. The van der Waals surface area contributed by atoms with Crippen molar-refractivity contribution >= 4 is 11.8 Å². The Balaban J connectivity index is 1.97. The molecule has 0 saturated carbocycles. The monoisotopic (exact) mass is 265 g/mol. The molecule has 1 saturated heterocycles. The van der Waals surface area contributed by atoms with Gasteiger partial charge in [-0.1, -0.05) is 0 Å². The molecular formula is C12H19N5O2. The second kappa shape index (κ2) is 5.83. The summed E-state index contributed by atoms with van der Waals surface area (Å²) in [5.74, 6) is -0.487. The van der Waals surface area contributed by atoms with Gasteiger partial charge in [0, 0.05) is 25.4 Å². The first-order chi connectivity index (χ1) is 9.08. The SMILES string of the molecule is Cn1cc(C(N)C(=O)NC2CCCCNC2=O)cn1. The van der Waals surface area contributed by atoms with E-state index in [0.717, 1.165) is 12.8 Å². The van der Waals surface area contributed by atoms with Gasteiger partial charge in [0.15, 0.2) is 0 Å². The maximum absolute atomic E-state index is 12.0. The molecule has 1 aliphatic heterocycles. The molecule has 2 amide bonds. The number of carbonyl (C=O) groups is 2. The van der Waals surface area contributed by atoms with Gasteiger partial charge in [0.1, 0.15) is 12.1 Å². The van der Waals surface area contributed by atoms with Crippen LogP contribution in [0.15, 0.2) is 12.4 Å². The number of nitrogens with zero attached hydrogens (tertiary/aromatic N) is 2. The van der Waals surface area contributed by atoms with Gasteiger partial charge in [-0.3, -0.25) is 14.3 Å². The van der Waals surface area contributed by atoms with Crippen molar-refractivity contribution in [2.45, 2.75) is 31.3 Å². The van der Waals surface area contributed by atoms with Gasteiger partial charge >= 0.3 is 0 Å². The first kappa shape index (κ1) is 13.5. The van der Waals surface area contributed by atoms with Gasteiger partial charge in [-0.15, -0.1) is 0 Å². The molecule has 1 aromatic heterocycles. The smallest absolute Gasteiger partial charge is 0.242 e. The normalized spacial score (nSPS) is 21.4. The van der Waals surface area contributed by atoms with Crippen molar-refractivity contribution in [2.24, 2.45) is 12.8 Å². The highest BCUT2D eigenvalue weighted by molar-refractivity contribution is 5.90. The van der Waals surface area contributed by atoms with E-state index in [1.54, 1.807) is 24.1 Å². The standard InChI is InChI=1S/C12H19N5O2/c1-17-7-8(6-15-17)10(13)12(19)16-9-4-2-3-5-14-11(9)18/h6-7,9-10H,2-5,13H2,1H3,(H,14,18)(H,16,19). The van der Waals surface area contributed by atoms with Gasteiger partial charge < -0.3 is 16.4 Å². The Morgan fingerprint density at radius 1 is 1.63 bits per heavy atom. The Hall–Kier alpha value is -1.89. The van der Waals surface area contributed by atoms with Crippen LogP contribution in [-0.2, 0) is 16.6 Å². The van der Waals surface area contributed by atoms with Gasteiger partial charge in [0.2, 0.25) is 11.8 Å². The van der Waals surface area contributed by atoms with Crippen LogP contribution in [0.5, 0.6) is 0 Å². The van der Waals surface area contributed by atoms with Crippen LogP contribution in [0.25, 0.3) is 0 Å². The summed E-state index contributed by atoms with van der Waals surface area (Å²) >= 11 is 0. The number of nitrogens with two attached hydrogens (primary N) is 1. The fourth-order valence-electron chi connectivity index (χ4n) is 2.09. The molecule has 0 radical (unpaired) electrons. The number of nitrogens with one attached hydrogen (secondary N) is 2. The molecule has 2 heterocycles. The lowest BCUT2D eigenvalue weighted by molar-refractivity contribution is -0.129. The largest absolute Gasteiger partial charge is 0.354 e. The summed E-state index contributed by atoms with van der Waals surface area (Å²) in [5, 5.41) is 9.45. The summed E-state index contributed by atoms with van der Waals surface area (Å²) in [7, 11) is 1.76. The summed E-state index contributed by atoms with van der Waals surface area (Å²) in [6, 6.07) is -1.29. The molecule has 0 aromatic carbocycles. The van der Waals surface area contributed by atoms with Crippen molar-refractivity contribution in [2.75, 3.05) is 6.54 Å². The van der Waals surface area contributed by atoms with E-state index >= 15 is 0 Å². The van der Waals surface area contributed by atoms with Crippen LogP contribution in [0.3, 0.4) is 0 Å². The molecule has 19 heavy (non-hydrogen) atoms. The van der Waals surface area contributed by atoms with Crippen LogP contribution >= 0.6 is 0 Å². The number of aromatic nitrogens is 2. The van der Waals surface area contributed by atoms with Crippen LogP contribution in [0.2, 0.25) is 0 Å². The highest BCUT2D eigenvalue weighted by atomic mass is 16.2. The number of carbonyl (C=O) groups excluding carboxylic acids is 2. The van der Waals surface area contributed by atoms with Crippen LogP contribution < -0.4 is 16.4 Å². The van der Waals surface area contributed by atoms with Gasteiger partial charge in [-0.2, -0.15) is 5.10 Å². The molecule has 2 unspecified atom stereocenters. The molecule has 1 aliphatic rings. The maximum Gasteiger partial charge on any atom is 0.242 e. The number of rotatable bonds is 3. The Morgan fingerprint density at radius 2 is 2.42 bits per heavy atom. The molecule has 1 fully saturated rings. The van der Waals surface area contributed by atoms with Crippen molar-refractivity contribution in [1.29, 1.82) is 0 Å². The van der Waals surface area contributed by atoms with E-state index in [2.05, 4.69) is 15.7 Å². The van der Waals surface area contributed by atoms with E-state index in [4.69, 9.17) is 5.73 Å². The minimum Gasteiger partial charge on any atom is -0.354 e. The molecule has 4 N–H and O–H groups in total. The van der Waals surface area contributed by atoms with Gasteiger partial charge in [-0.25, -0.2) is 0 Å². The average Bonchev–Trinajstić information content (AvgIpc) is 2.72. The van der Waals surface area contributed by atoms with Crippen molar-refractivity contribution in [3.8, 4) is 0 Å². The fourth-order valence-corrected chi connectivity index (χ4v) is 2.09. The van der Waals surface area contributed by atoms with E-state index in [-0.39, 0.29) is 11.8 Å². The predicted octanol–water partition coefficient (Wildman–Crippen LogP) is -0.795. The molecule has 1 aromatic rings.